The number of fused-ring (bicyclic) bond motifs is 2. The number of aromatic nitrogens is 3. The Bertz CT molecular complexity index is 2320. The molecule has 0 saturated heterocycles. The van der Waals surface area contributed by atoms with Crippen LogP contribution in [0.15, 0.2) is 180 Å². The Morgan fingerprint density at radius 3 is 1.52 bits per heavy atom. The highest BCUT2D eigenvalue weighted by molar-refractivity contribution is 8.00. The van der Waals surface area contributed by atoms with Crippen LogP contribution in [0, 0.1) is 0 Å². The van der Waals surface area contributed by atoms with Crippen LogP contribution in [-0.4, -0.2) is 15.0 Å². The zero-order valence-electron chi connectivity index (χ0n) is 25.9. The second kappa shape index (κ2) is 12.0. The summed E-state index contributed by atoms with van der Waals surface area (Å²) in [5.41, 5.74) is 8.73. The van der Waals surface area contributed by atoms with E-state index >= 15 is 0 Å². The molecule has 0 atom stereocenters. The number of hydrogen-bond donors (Lipinski definition) is 0. The zero-order valence-corrected chi connectivity index (χ0v) is 26.7. The highest BCUT2D eigenvalue weighted by atomic mass is 32.2. The summed E-state index contributed by atoms with van der Waals surface area (Å²) in [6.07, 6.45) is 0. The Morgan fingerprint density at radius 2 is 0.917 bits per heavy atom. The second-order valence-corrected chi connectivity index (χ2v) is 12.7. The van der Waals surface area contributed by atoms with Crippen LogP contribution in [-0.2, 0) is 0 Å². The Labute approximate surface area is 283 Å². The minimum absolute atomic E-state index is 0.659. The third-order valence-corrected chi connectivity index (χ3v) is 9.90. The van der Waals surface area contributed by atoms with Gasteiger partial charge in [0.2, 0.25) is 0 Å². The number of nitrogens with zero attached hydrogens (tertiary/aromatic N) is 4. The van der Waals surface area contributed by atoms with Crippen molar-refractivity contribution in [2.45, 2.75) is 9.79 Å². The van der Waals surface area contributed by atoms with E-state index in [0.717, 1.165) is 39.1 Å². The first kappa shape index (κ1) is 28.2. The van der Waals surface area contributed by atoms with Gasteiger partial charge in [-0.05, 0) is 59.0 Å². The monoisotopic (exact) mass is 632 g/mol. The molecule has 8 aromatic rings. The van der Waals surface area contributed by atoms with Crippen molar-refractivity contribution in [3.63, 3.8) is 0 Å². The molecule has 4 nitrogen and oxygen atoms in total. The molecule has 0 amide bonds. The summed E-state index contributed by atoms with van der Waals surface area (Å²) in [6, 6.07) is 59.1. The summed E-state index contributed by atoms with van der Waals surface area (Å²) in [5, 5.41) is 2.35. The van der Waals surface area contributed by atoms with Crippen molar-refractivity contribution in [3.8, 4) is 45.3 Å². The van der Waals surface area contributed by atoms with Crippen LogP contribution in [0.5, 0.6) is 0 Å². The van der Waals surface area contributed by atoms with E-state index in [9.17, 15) is 0 Å². The first-order valence-electron chi connectivity index (χ1n) is 16.0. The number of rotatable bonds is 6. The van der Waals surface area contributed by atoms with Gasteiger partial charge in [0.1, 0.15) is 0 Å². The lowest BCUT2D eigenvalue weighted by molar-refractivity contribution is 1.08. The molecule has 0 N–H and O–H groups in total. The lowest BCUT2D eigenvalue weighted by atomic mass is 9.94. The highest BCUT2D eigenvalue weighted by Crippen LogP contribution is 2.54. The molecule has 226 valence electrons. The van der Waals surface area contributed by atoms with Crippen LogP contribution in [0.25, 0.3) is 56.1 Å². The molecule has 7 aromatic carbocycles. The van der Waals surface area contributed by atoms with Gasteiger partial charge in [-0.2, -0.15) is 0 Å². The molecule has 0 radical (unpaired) electrons. The maximum atomic E-state index is 5.07. The Hall–Kier alpha value is -6.04. The van der Waals surface area contributed by atoms with E-state index in [-0.39, 0.29) is 0 Å². The SMILES string of the molecule is c1ccc(-c2nc(-c3ccccc3)nc(-c3ccc4c5c(cccc35)-c3cccc(N(c5ccccc5)c5ccccc5)c3S4)n2)cc1. The first-order valence-corrected chi connectivity index (χ1v) is 16.8. The van der Waals surface area contributed by atoms with Crippen LogP contribution in [0.2, 0.25) is 0 Å². The first-order chi connectivity index (χ1) is 23.8. The average molecular weight is 633 g/mol. The molecular weight excluding hydrogens is 605 g/mol. The van der Waals surface area contributed by atoms with Crippen molar-refractivity contribution in [2.24, 2.45) is 0 Å². The Balaban J connectivity index is 1.23. The van der Waals surface area contributed by atoms with Gasteiger partial charge in [0.05, 0.1) is 5.69 Å². The summed E-state index contributed by atoms with van der Waals surface area (Å²) in [6.45, 7) is 0. The van der Waals surface area contributed by atoms with Crippen molar-refractivity contribution >= 4 is 39.6 Å². The Kier molecular flexibility index (Phi) is 7.03. The lowest BCUT2D eigenvalue weighted by Crippen LogP contribution is -2.11. The van der Waals surface area contributed by atoms with Gasteiger partial charge in [-0.1, -0.05) is 139 Å². The number of anilines is 3. The van der Waals surface area contributed by atoms with Gasteiger partial charge in [-0.3, -0.25) is 0 Å². The van der Waals surface area contributed by atoms with Crippen molar-refractivity contribution in [1.82, 2.24) is 15.0 Å². The molecule has 0 bridgehead atoms. The Morgan fingerprint density at radius 1 is 0.396 bits per heavy atom. The molecule has 0 aliphatic carbocycles. The molecule has 5 heteroatoms. The van der Waals surface area contributed by atoms with E-state index in [1.807, 2.05) is 72.4 Å². The van der Waals surface area contributed by atoms with Crippen LogP contribution in [0.1, 0.15) is 0 Å². The van der Waals surface area contributed by atoms with Crippen LogP contribution >= 0.6 is 11.8 Å². The summed E-state index contributed by atoms with van der Waals surface area (Å²) >= 11 is 1.83. The third kappa shape index (κ3) is 4.93. The van der Waals surface area contributed by atoms with Gasteiger partial charge < -0.3 is 4.90 Å². The van der Waals surface area contributed by atoms with E-state index in [4.69, 9.17) is 15.0 Å². The summed E-state index contributed by atoms with van der Waals surface area (Å²) < 4.78 is 0. The van der Waals surface area contributed by atoms with Gasteiger partial charge >= 0.3 is 0 Å². The van der Waals surface area contributed by atoms with E-state index in [1.165, 1.54) is 26.3 Å². The smallest absolute Gasteiger partial charge is 0.164 e. The molecule has 48 heavy (non-hydrogen) atoms. The molecule has 9 rings (SSSR count). The summed E-state index contributed by atoms with van der Waals surface area (Å²) in [4.78, 5) is 19.8. The third-order valence-electron chi connectivity index (χ3n) is 8.71. The topological polar surface area (TPSA) is 41.9 Å². The average Bonchev–Trinajstić information content (AvgIpc) is 3.17. The zero-order chi connectivity index (χ0) is 31.9. The van der Waals surface area contributed by atoms with Crippen LogP contribution in [0.4, 0.5) is 17.1 Å². The van der Waals surface area contributed by atoms with Crippen molar-refractivity contribution < 1.29 is 0 Å². The predicted octanol–water partition coefficient (Wildman–Crippen LogP) is 11.6. The molecule has 1 aliphatic rings. The molecule has 0 unspecified atom stereocenters. The fourth-order valence-electron chi connectivity index (χ4n) is 6.52. The highest BCUT2D eigenvalue weighted by Gasteiger charge is 2.26. The fraction of sp³-hybridized carbons (Fsp3) is 0. The second-order valence-electron chi connectivity index (χ2n) is 11.6. The molecule has 2 heterocycles. The van der Waals surface area contributed by atoms with E-state index in [0.29, 0.717) is 17.5 Å². The molecule has 0 saturated carbocycles. The van der Waals surface area contributed by atoms with Crippen LogP contribution in [0.3, 0.4) is 0 Å². The molecule has 0 spiro atoms. The van der Waals surface area contributed by atoms with Crippen molar-refractivity contribution in [2.75, 3.05) is 4.90 Å². The normalized spacial score (nSPS) is 11.7. The van der Waals surface area contributed by atoms with Gasteiger partial charge in [-0.15, -0.1) is 0 Å². The fourth-order valence-corrected chi connectivity index (χ4v) is 7.75. The predicted molar refractivity (Wildman–Crippen MR) is 198 cm³/mol. The van der Waals surface area contributed by atoms with E-state index < -0.39 is 0 Å². The minimum Gasteiger partial charge on any atom is -0.309 e. The largest absolute Gasteiger partial charge is 0.309 e. The number of benzene rings is 7. The minimum atomic E-state index is 0.659. The number of hydrogen-bond acceptors (Lipinski definition) is 5. The van der Waals surface area contributed by atoms with Crippen molar-refractivity contribution in [3.05, 3.63) is 170 Å². The van der Waals surface area contributed by atoms with Gasteiger partial charge in [0.25, 0.3) is 0 Å². The van der Waals surface area contributed by atoms with Crippen molar-refractivity contribution in [1.29, 1.82) is 0 Å². The summed E-state index contributed by atoms with van der Waals surface area (Å²) in [7, 11) is 0. The standard InChI is InChI=1S/C43H28N4S/c1-5-15-29(16-6-1)41-44-42(30-17-7-2-8-18-30)46-43(45-41)36-27-28-38-39-33(23-13-24-34(36)39)35-25-14-26-37(40(35)48-38)47(31-19-9-3-10-20-31)32-21-11-4-12-22-32/h1-28H. The molecule has 1 aliphatic heterocycles. The van der Waals surface area contributed by atoms with Gasteiger partial charge in [0, 0.05) is 43.2 Å². The van der Waals surface area contributed by atoms with E-state index in [1.54, 1.807) is 0 Å². The van der Waals surface area contributed by atoms with Gasteiger partial charge in [-0.25, -0.2) is 15.0 Å². The molecule has 0 fully saturated rings. The lowest BCUT2D eigenvalue weighted by Gasteiger charge is -2.30. The maximum absolute atomic E-state index is 5.07. The number of para-hydroxylation sites is 2. The quantitative estimate of drug-likeness (QED) is 0.182. The van der Waals surface area contributed by atoms with Crippen LogP contribution < -0.4 is 4.90 Å². The van der Waals surface area contributed by atoms with E-state index in [2.05, 4.69) is 114 Å². The maximum Gasteiger partial charge on any atom is 0.164 e. The summed E-state index contributed by atoms with van der Waals surface area (Å²) in [5.74, 6) is 1.98. The molecule has 1 aromatic heterocycles. The molecular formula is C43H28N4S. The van der Waals surface area contributed by atoms with Gasteiger partial charge in [0.15, 0.2) is 17.5 Å².